The number of nitrogens with two attached hydrogens (primary N) is 1. The molecule has 110 valence electrons. The first kappa shape index (κ1) is 15.3. The van der Waals surface area contributed by atoms with Gasteiger partial charge in [0.15, 0.2) is 0 Å². The third-order valence-corrected chi connectivity index (χ3v) is 3.25. The second kappa shape index (κ2) is 6.59. The van der Waals surface area contributed by atoms with Gasteiger partial charge in [0, 0.05) is 0 Å². The standard InChI is InChI=1S/C16H15ClFNO2/c1-2-7-21-15-6-4-10(8-12(15)16(19)20)11-3-5-14(18)13(17)9-11/h3-6,8-9H,2,7H2,1H3,(H2,19,20). The summed E-state index contributed by atoms with van der Waals surface area (Å²) in [6.45, 7) is 2.47. The Labute approximate surface area is 127 Å². The number of ether oxygens (including phenoxy) is 1. The molecule has 3 nitrogen and oxygen atoms in total. The van der Waals surface area contributed by atoms with Crippen LogP contribution in [0.25, 0.3) is 11.1 Å². The van der Waals surface area contributed by atoms with Crippen LogP contribution in [-0.4, -0.2) is 12.5 Å². The summed E-state index contributed by atoms with van der Waals surface area (Å²) in [5.41, 5.74) is 7.09. The van der Waals surface area contributed by atoms with Gasteiger partial charge in [-0.3, -0.25) is 4.79 Å². The van der Waals surface area contributed by atoms with E-state index in [2.05, 4.69) is 0 Å². The molecule has 5 heteroatoms. The van der Waals surface area contributed by atoms with E-state index in [0.29, 0.717) is 23.5 Å². The molecule has 0 saturated heterocycles. The van der Waals surface area contributed by atoms with Crippen molar-refractivity contribution in [3.63, 3.8) is 0 Å². The Hall–Kier alpha value is -2.07. The molecule has 0 aliphatic heterocycles. The number of hydrogen-bond donors (Lipinski definition) is 1. The Balaban J connectivity index is 2.43. The van der Waals surface area contributed by atoms with E-state index in [1.54, 1.807) is 24.3 Å². The maximum Gasteiger partial charge on any atom is 0.252 e. The Morgan fingerprint density at radius 3 is 2.52 bits per heavy atom. The topological polar surface area (TPSA) is 52.3 Å². The molecule has 0 atom stereocenters. The van der Waals surface area contributed by atoms with Crippen molar-refractivity contribution in [2.45, 2.75) is 13.3 Å². The van der Waals surface area contributed by atoms with E-state index in [0.717, 1.165) is 12.0 Å². The summed E-state index contributed by atoms with van der Waals surface area (Å²) in [4.78, 5) is 11.5. The van der Waals surface area contributed by atoms with Crippen LogP contribution < -0.4 is 10.5 Å². The minimum atomic E-state index is -0.573. The van der Waals surface area contributed by atoms with Crippen LogP contribution in [0.3, 0.4) is 0 Å². The maximum atomic E-state index is 13.2. The highest BCUT2D eigenvalue weighted by Gasteiger charge is 2.12. The zero-order valence-electron chi connectivity index (χ0n) is 11.5. The van der Waals surface area contributed by atoms with E-state index < -0.39 is 11.7 Å². The Morgan fingerprint density at radius 1 is 1.24 bits per heavy atom. The van der Waals surface area contributed by atoms with Gasteiger partial charge in [-0.2, -0.15) is 0 Å². The number of halogens is 2. The van der Waals surface area contributed by atoms with Crippen molar-refractivity contribution < 1.29 is 13.9 Å². The van der Waals surface area contributed by atoms with E-state index in [1.807, 2.05) is 6.92 Å². The van der Waals surface area contributed by atoms with Crippen LogP contribution in [0.5, 0.6) is 5.75 Å². The summed E-state index contributed by atoms with van der Waals surface area (Å²) in [5, 5.41) is 0.0273. The zero-order chi connectivity index (χ0) is 15.4. The second-order valence-electron chi connectivity index (χ2n) is 4.55. The summed E-state index contributed by atoms with van der Waals surface area (Å²) in [7, 11) is 0. The predicted octanol–water partition coefficient (Wildman–Crippen LogP) is 4.03. The third-order valence-electron chi connectivity index (χ3n) is 2.96. The van der Waals surface area contributed by atoms with Crippen molar-refractivity contribution in [1.29, 1.82) is 0 Å². The first-order valence-electron chi connectivity index (χ1n) is 6.55. The van der Waals surface area contributed by atoms with Crippen LogP contribution in [-0.2, 0) is 0 Å². The van der Waals surface area contributed by atoms with Crippen LogP contribution in [0.4, 0.5) is 4.39 Å². The summed E-state index contributed by atoms with van der Waals surface area (Å²) < 4.78 is 18.7. The smallest absolute Gasteiger partial charge is 0.252 e. The Bertz CT molecular complexity index is 673. The van der Waals surface area contributed by atoms with Crippen molar-refractivity contribution in [3.05, 3.63) is 52.8 Å². The number of amides is 1. The van der Waals surface area contributed by atoms with Crippen LogP contribution in [0, 0.1) is 5.82 Å². The zero-order valence-corrected chi connectivity index (χ0v) is 12.3. The quantitative estimate of drug-likeness (QED) is 0.906. The van der Waals surface area contributed by atoms with Crippen molar-refractivity contribution in [3.8, 4) is 16.9 Å². The molecule has 0 radical (unpaired) electrons. The summed E-state index contributed by atoms with van der Waals surface area (Å²) in [6.07, 6.45) is 0.827. The molecule has 0 fully saturated rings. The molecule has 0 aromatic heterocycles. The first-order chi connectivity index (χ1) is 10.0. The van der Waals surface area contributed by atoms with Gasteiger partial charge < -0.3 is 10.5 Å². The van der Waals surface area contributed by atoms with E-state index >= 15 is 0 Å². The van der Waals surface area contributed by atoms with Gasteiger partial charge in [0.05, 0.1) is 17.2 Å². The summed E-state index contributed by atoms with van der Waals surface area (Å²) in [6, 6.07) is 9.46. The lowest BCUT2D eigenvalue weighted by molar-refractivity contribution is 0.0996. The molecule has 0 aliphatic rings. The third kappa shape index (κ3) is 3.52. The van der Waals surface area contributed by atoms with Gasteiger partial charge in [0.1, 0.15) is 11.6 Å². The molecule has 0 bridgehead atoms. The van der Waals surface area contributed by atoms with Crippen LogP contribution >= 0.6 is 11.6 Å². The lowest BCUT2D eigenvalue weighted by Crippen LogP contribution is -2.13. The van der Waals surface area contributed by atoms with Crippen LogP contribution in [0.15, 0.2) is 36.4 Å². The molecular weight excluding hydrogens is 293 g/mol. The lowest BCUT2D eigenvalue weighted by Gasteiger charge is -2.11. The van der Waals surface area contributed by atoms with Crippen LogP contribution in [0.1, 0.15) is 23.7 Å². The average Bonchev–Trinajstić information content (AvgIpc) is 2.47. The van der Waals surface area contributed by atoms with E-state index in [1.165, 1.54) is 12.1 Å². The summed E-state index contributed by atoms with van der Waals surface area (Å²) >= 11 is 5.77. The number of primary amides is 1. The van der Waals surface area contributed by atoms with Gasteiger partial charge in [-0.05, 0) is 41.8 Å². The normalized spacial score (nSPS) is 10.4. The van der Waals surface area contributed by atoms with Gasteiger partial charge >= 0.3 is 0 Å². The molecule has 2 aromatic rings. The van der Waals surface area contributed by atoms with Crippen molar-refractivity contribution in [2.24, 2.45) is 5.73 Å². The SMILES string of the molecule is CCCOc1ccc(-c2ccc(F)c(Cl)c2)cc1C(N)=O. The van der Waals surface area contributed by atoms with Gasteiger partial charge in [-0.15, -0.1) is 0 Å². The highest BCUT2D eigenvalue weighted by atomic mass is 35.5. The molecule has 0 saturated carbocycles. The van der Waals surface area contributed by atoms with Crippen molar-refractivity contribution >= 4 is 17.5 Å². The fourth-order valence-corrected chi connectivity index (χ4v) is 2.10. The highest BCUT2D eigenvalue weighted by Crippen LogP contribution is 2.29. The number of benzene rings is 2. The molecule has 1 amide bonds. The van der Waals surface area contributed by atoms with E-state index in [9.17, 15) is 9.18 Å². The molecule has 21 heavy (non-hydrogen) atoms. The Morgan fingerprint density at radius 2 is 1.90 bits per heavy atom. The average molecular weight is 308 g/mol. The molecule has 0 heterocycles. The minimum absolute atomic E-state index is 0.0273. The fraction of sp³-hybridized carbons (Fsp3) is 0.188. The summed E-state index contributed by atoms with van der Waals surface area (Å²) in [5.74, 6) is -0.615. The number of carbonyl (C=O) groups is 1. The van der Waals surface area contributed by atoms with Crippen molar-refractivity contribution in [1.82, 2.24) is 0 Å². The number of rotatable bonds is 5. The van der Waals surface area contributed by atoms with E-state index in [4.69, 9.17) is 22.1 Å². The highest BCUT2D eigenvalue weighted by molar-refractivity contribution is 6.31. The predicted molar refractivity (Wildman–Crippen MR) is 81.1 cm³/mol. The lowest BCUT2D eigenvalue weighted by atomic mass is 10.0. The number of hydrogen-bond acceptors (Lipinski definition) is 2. The second-order valence-corrected chi connectivity index (χ2v) is 4.96. The molecule has 2 rings (SSSR count). The number of carbonyl (C=O) groups excluding carboxylic acids is 1. The van der Waals surface area contributed by atoms with Gasteiger partial charge in [0.25, 0.3) is 5.91 Å². The largest absolute Gasteiger partial charge is 0.493 e. The molecule has 2 N–H and O–H groups in total. The molecule has 0 aliphatic carbocycles. The van der Waals surface area contributed by atoms with Gasteiger partial charge in [0.2, 0.25) is 0 Å². The van der Waals surface area contributed by atoms with Crippen molar-refractivity contribution in [2.75, 3.05) is 6.61 Å². The van der Waals surface area contributed by atoms with Crippen LogP contribution in [0.2, 0.25) is 5.02 Å². The minimum Gasteiger partial charge on any atom is -0.493 e. The molecule has 0 spiro atoms. The maximum absolute atomic E-state index is 13.2. The first-order valence-corrected chi connectivity index (χ1v) is 6.92. The Kier molecular flexibility index (Phi) is 4.81. The molecule has 0 unspecified atom stereocenters. The van der Waals surface area contributed by atoms with E-state index in [-0.39, 0.29) is 5.02 Å². The molecular formula is C16H15ClFNO2. The van der Waals surface area contributed by atoms with Gasteiger partial charge in [-0.25, -0.2) is 4.39 Å². The van der Waals surface area contributed by atoms with Gasteiger partial charge in [-0.1, -0.05) is 30.7 Å². The fourth-order valence-electron chi connectivity index (χ4n) is 1.92. The molecule has 2 aromatic carbocycles. The monoisotopic (exact) mass is 307 g/mol.